The number of primary amides is 1. The number of hydrogen-bond donors (Lipinski definition) is 2. The number of nitrogens with zero attached hydrogens (tertiary/aromatic N) is 1. The summed E-state index contributed by atoms with van der Waals surface area (Å²) >= 11 is 1.16. The van der Waals surface area contributed by atoms with Gasteiger partial charge in [0.15, 0.2) is 0 Å². The van der Waals surface area contributed by atoms with Crippen molar-refractivity contribution >= 4 is 17.2 Å². The number of phenolic OH excluding ortho intramolecular Hbond substituents is 1. The van der Waals surface area contributed by atoms with Gasteiger partial charge in [-0.3, -0.25) is 4.79 Å². The number of para-hydroxylation sites is 1. The molecule has 0 aliphatic heterocycles. The van der Waals surface area contributed by atoms with Crippen molar-refractivity contribution in [1.82, 2.24) is 4.98 Å². The predicted octanol–water partition coefficient (Wildman–Crippen LogP) is 1.61. The number of amides is 1. The van der Waals surface area contributed by atoms with E-state index in [-0.39, 0.29) is 5.75 Å². The third kappa shape index (κ3) is 1.82. The first-order valence-corrected chi connectivity index (χ1v) is 5.04. The van der Waals surface area contributed by atoms with Crippen LogP contribution in [0, 0.1) is 0 Å². The molecule has 15 heavy (non-hydrogen) atoms. The summed E-state index contributed by atoms with van der Waals surface area (Å²) < 4.78 is 0. The number of carbonyl (C=O) groups excluding carboxylic acids is 1. The minimum absolute atomic E-state index is 0.142. The molecule has 0 spiro atoms. The SMILES string of the molecule is NC(=O)c1cnc(-c2ccccc2O)s1. The highest BCUT2D eigenvalue weighted by molar-refractivity contribution is 7.16. The molecule has 5 heteroatoms. The fourth-order valence-corrected chi connectivity index (χ4v) is 1.97. The number of rotatable bonds is 2. The van der Waals surface area contributed by atoms with E-state index in [9.17, 15) is 9.90 Å². The quantitative estimate of drug-likeness (QED) is 0.807. The van der Waals surface area contributed by atoms with Crippen molar-refractivity contribution in [3.8, 4) is 16.3 Å². The lowest BCUT2D eigenvalue weighted by molar-refractivity contribution is 0.100. The van der Waals surface area contributed by atoms with E-state index in [1.807, 2.05) is 0 Å². The van der Waals surface area contributed by atoms with E-state index in [0.717, 1.165) is 11.3 Å². The molecule has 0 bridgehead atoms. The van der Waals surface area contributed by atoms with Crippen LogP contribution >= 0.6 is 11.3 Å². The Morgan fingerprint density at radius 3 is 2.73 bits per heavy atom. The maximum absolute atomic E-state index is 10.9. The summed E-state index contributed by atoms with van der Waals surface area (Å²) in [6.45, 7) is 0. The molecule has 1 aromatic heterocycles. The zero-order valence-electron chi connectivity index (χ0n) is 7.68. The summed E-state index contributed by atoms with van der Waals surface area (Å²) in [7, 11) is 0. The number of phenols is 1. The second-order valence-electron chi connectivity index (χ2n) is 2.91. The first-order chi connectivity index (χ1) is 7.18. The number of nitrogens with two attached hydrogens (primary N) is 1. The van der Waals surface area contributed by atoms with E-state index in [0.29, 0.717) is 15.4 Å². The summed E-state index contributed by atoms with van der Waals surface area (Å²) in [5.41, 5.74) is 5.72. The Labute approximate surface area is 90.0 Å². The van der Waals surface area contributed by atoms with Gasteiger partial charge in [-0.05, 0) is 12.1 Å². The first-order valence-electron chi connectivity index (χ1n) is 4.22. The van der Waals surface area contributed by atoms with Crippen LogP contribution in [0.2, 0.25) is 0 Å². The van der Waals surface area contributed by atoms with Gasteiger partial charge in [-0.2, -0.15) is 0 Å². The molecule has 3 N–H and O–H groups in total. The van der Waals surface area contributed by atoms with Crippen LogP contribution in [-0.2, 0) is 0 Å². The van der Waals surface area contributed by atoms with E-state index >= 15 is 0 Å². The number of benzene rings is 1. The molecule has 0 atom stereocenters. The minimum Gasteiger partial charge on any atom is -0.507 e. The molecule has 2 rings (SSSR count). The van der Waals surface area contributed by atoms with Crippen molar-refractivity contribution in [3.05, 3.63) is 35.3 Å². The molecule has 0 saturated carbocycles. The Morgan fingerprint density at radius 2 is 2.13 bits per heavy atom. The molecule has 0 saturated heterocycles. The molecule has 1 heterocycles. The smallest absolute Gasteiger partial charge is 0.260 e. The highest BCUT2D eigenvalue weighted by Gasteiger charge is 2.10. The van der Waals surface area contributed by atoms with E-state index in [2.05, 4.69) is 4.98 Å². The topological polar surface area (TPSA) is 76.2 Å². The standard InChI is InChI=1S/C10H8N2O2S/c11-9(14)8-5-12-10(15-8)6-3-1-2-4-7(6)13/h1-5,13H,(H2,11,14). The maximum Gasteiger partial charge on any atom is 0.260 e. The van der Waals surface area contributed by atoms with Crippen molar-refractivity contribution in [2.45, 2.75) is 0 Å². The van der Waals surface area contributed by atoms with Crippen LogP contribution < -0.4 is 5.73 Å². The van der Waals surface area contributed by atoms with Gasteiger partial charge >= 0.3 is 0 Å². The summed E-state index contributed by atoms with van der Waals surface area (Å²) in [5, 5.41) is 10.1. The molecular weight excluding hydrogens is 212 g/mol. The fourth-order valence-electron chi connectivity index (χ4n) is 1.17. The molecule has 0 radical (unpaired) electrons. The normalized spacial score (nSPS) is 10.1. The van der Waals surface area contributed by atoms with E-state index < -0.39 is 5.91 Å². The number of thiazole rings is 1. The first kappa shape index (κ1) is 9.67. The molecule has 76 valence electrons. The van der Waals surface area contributed by atoms with Crippen molar-refractivity contribution in [1.29, 1.82) is 0 Å². The zero-order valence-corrected chi connectivity index (χ0v) is 8.49. The van der Waals surface area contributed by atoms with Crippen LogP contribution in [0.5, 0.6) is 5.75 Å². The molecule has 4 nitrogen and oxygen atoms in total. The van der Waals surface area contributed by atoms with Crippen molar-refractivity contribution < 1.29 is 9.90 Å². The fraction of sp³-hybridized carbons (Fsp3) is 0. The summed E-state index contributed by atoms with van der Waals surface area (Å²) in [6.07, 6.45) is 1.41. The number of carbonyl (C=O) groups is 1. The Morgan fingerprint density at radius 1 is 1.40 bits per heavy atom. The summed E-state index contributed by atoms with van der Waals surface area (Å²) in [4.78, 5) is 15.3. The van der Waals surface area contributed by atoms with Crippen LogP contribution in [0.15, 0.2) is 30.5 Å². The average Bonchev–Trinajstić information content (AvgIpc) is 2.67. The average molecular weight is 220 g/mol. The van der Waals surface area contributed by atoms with Gasteiger partial charge in [-0.1, -0.05) is 12.1 Å². The molecule has 1 aromatic carbocycles. The van der Waals surface area contributed by atoms with Gasteiger partial charge < -0.3 is 10.8 Å². The highest BCUT2D eigenvalue weighted by atomic mass is 32.1. The monoisotopic (exact) mass is 220 g/mol. The Bertz CT molecular complexity index is 508. The molecule has 0 unspecified atom stereocenters. The van der Waals surface area contributed by atoms with E-state index in [1.165, 1.54) is 6.20 Å². The molecule has 0 aliphatic carbocycles. The predicted molar refractivity (Wildman–Crippen MR) is 57.7 cm³/mol. The molecule has 0 aliphatic rings. The Balaban J connectivity index is 2.46. The van der Waals surface area contributed by atoms with Crippen LogP contribution in [0.3, 0.4) is 0 Å². The molecule has 1 amide bonds. The minimum atomic E-state index is -0.505. The molecule has 2 aromatic rings. The second kappa shape index (κ2) is 3.70. The molecular formula is C10H8N2O2S. The lowest BCUT2D eigenvalue weighted by atomic mass is 10.2. The van der Waals surface area contributed by atoms with Gasteiger partial charge in [0.2, 0.25) is 0 Å². The van der Waals surface area contributed by atoms with Crippen LogP contribution in [-0.4, -0.2) is 16.0 Å². The van der Waals surface area contributed by atoms with Crippen molar-refractivity contribution in [2.75, 3.05) is 0 Å². The van der Waals surface area contributed by atoms with Gasteiger partial charge in [0.05, 0.1) is 11.8 Å². The highest BCUT2D eigenvalue weighted by Crippen LogP contribution is 2.31. The lowest BCUT2D eigenvalue weighted by Crippen LogP contribution is -2.08. The van der Waals surface area contributed by atoms with Gasteiger partial charge in [-0.15, -0.1) is 11.3 Å². The lowest BCUT2D eigenvalue weighted by Gasteiger charge is -1.98. The third-order valence-corrected chi connectivity index (χ3v) is 2.93. The molecule has 0 fully saturated rings. The third-order valence-electron chi connectivity index (χ3n) is 1.88. The summed E-state index contributed by atoms with van der Waals surface area (Å²) in [6, 6.07) is 6.82. The van der Waals surface area contributed by atoms with Gasteiger partial charge in [0.1, 0.15) is 15.6 Å². The van der Waals surface area contributed by atoms with Gasteiger partial charge in [-0.25, -0.2) is 4.98 Å². The van der Waals surface area contributed by atoms with Crippen LogP contribution in [0.1, 0.15) is 9.67 Å². The number of aromatic hydroxyl groups is 1. The van der Waals surface area contributed by atoms with Crippen LogP contribution in [0.4, 0.5) is 0 Å². The zero-order chi connectivity index (χ0) is 10.8. The van der Waals surface area contributed by atoms with E-state index in [4.69, 9.17) is 5.73 Å². The van der Waals surface area contributed by atoms with E-state index in [1.54, 1.807) is 24.3 Å². The number of aromatic nitrogens is 1. The van der Waals surface area contributed by atoms with Crippen molar-refractivity contribution in [2.24, 2.45) is 5.73 Å². The maximum atomic E-state index is 10.9. The largest absolute Gasteiger partial charge is 0.507 e. The summed E-state index contributed by atoms with van der Waals surface area (Å²) in [5.74, 6) is -0.364. The Kier molecular flexibility index (Phi) is 2.39. The van der Waals surface area contributed by atoms with Gasteiger partial charge in [0.25, 0.3) is 5.91 Å². The van der Waals surface area contributed by atoms with Gasteiger partial charge in [0, 0.05) is 0 Å². The number of hydrogen-bond acceptors (Lipinski definition) is 4. The second-order valence-corrected chi connectivity index (χ2v) is 3.94. The van der Waals surface area contributed by atoms with Crippen LogP contribution in [0.25, 0.3) is 10.6 Å². The Hall–Kier alpha value is -1.88. The van der Waals surface area contributed by atoms with Crippen molar-refractivity contribution in [3.63, 3.8) is 0 Å².